The summed E-state index contributed by atoms with van der Waals surface area (Å²) < 4.78 is 91.7. The Morgan fingerprint density at radius 1 is 0.554 bits per heavy atom. The molecule has 0 saturated heterocycles. The van der Waals surface area contributed by atoms with E-state index in [1.54, 1.807) is 42.5 Å². The Morgan fingerprint density at radius 2 is 1.00 bits per heavy atom. The topological polar surface area (TPSA) is 91.9 Å². The number of esters is 1. The number of hydrogen-bond acceptors (Lipinski definition) is 5. The fraction of sp³-hybridized carbons (Fsp3) is 0.143. The van der Waals surface area contributed by atoms with Crippen LogP contribution in [0.2, 0.25) is 10.0 Å². The summed E-state index contributed by atoms with van der Waals surface area (Å²) in [6.07, 6.45) is -4.78. The van der Waals surface area contributed by atoms with Crippen LogP contribution in [0.25, 0.3) is 21.8 Å². The van der Waals surface area contributed by atoms with Crippen LogP contribution in [0.15, 0.2) is 146 Å². The molecule has 0 aliphatic heterocycles. The summed E-state index contributed by atoms with van der Waals surface area (Å²) in [5.41, 5.74) is 7.15. The van der Waals surface area contributed by atoms with Gasteiger partial charge in [-0.05, 0) is 142 Å². The number of carbonyl (C=O) groups is 2. The van der Waals surface area contributed by atoms with E-state index in [1.165, 1.54) is 49.6 Å². The van der Waals surface area contributed by atoms with Gasteiger partial charge >= 0.3 is 24.7 Å². The summed E-state index contributed by atoms with van der Waals surface area (Å²) >= 11 is 12.0. The Kier molecular flexibility index (Phi) is 13.8. The largest absolute Gasteiger partial charge is 0.573 e. The number of nitrogens with zero attached hydrogens (tertiary/aromatic N) is 2. The molecule has 65 heavy (non-hydrogen) atoms. The number of halogens is 8. The highest BCUT2D eigenvalue weighted by Gasteiger charge is 2.32. The van der Waals surface area contributed by atoms with Gasteiger partial charge < -0.3 is 28.5 Å². The third-order valence-electron chi connectivity index (χ3n) is 10.2. The number of carbonyl (C=O) groups excluding carboxylic acids is 1. The number of aromatic nitrogens is 2. The van der Waals surface area contributed by atoms with Gasteiger partial charge in [0.15, 0.2) is 0 Å². The Hall–Kier alpha value is -6.90. The third-order valence-corrected chi connectivity index (χ3v) is 10.7. The number of rotatable bonds is 12. The summed E-state index contributed by atoms with van der Waals surface area (Å²) in [5, 5.41) is 12.2. The Bertz CT molecular complexity index is 3020. The van der Waals surface area contributed by atoms with Gasteiger partial charge in [0.25, 0.3) is 0 Å². The predicted molar refractivity (Wildman–Crippen MR) is 235 cm³/mol. The molecule has 0 fully saturated rings. The van der Waals surface area contributed by atoms with Crippen molar-refractivity contribution in [2.75, 3.05) is 7.11 Å². The van der Waals surface area contributed by atoms with E-state index in [0.717, 1.165) is 38.5 Å². The summed E-state index contributed by atoms with van der Waals surface area (Å²) in [6.45, 7) is 0.764. The van der Waals surface area contributed by atoms with Gasteiger partial charge in [0.2, 0.25) is 0 Å². The normalized spacial score (nSPS) is 11.6. The maximum Gasteiger partial charge on any atom is 0.573 e. The zero-order valence-electron chi connectivity index (χ0n) is 34.1. The molecule has 0 aliphatic rings. The van der Waals surface area contributed by atoms with Crippen molar-refractivity contribution in [2.45, 2.75) is 38.7 Å². The van der Waals surface area contributed by atoms with E-state index in [1.807, 2.05) is 70.1 Å². The van der Waals surface area contributed by atoms with Crippen LogP contribution in [-0.4, -0.2) is 46.0 Å². The van der Waals surface area contributed by atoms with Crippen molar-refractivity contribution in [2.24, 2.45) is 0 Å². The van der Waals surface area contributed by atoms with Crippen molar-refractivity contribution in [3.8, 4) is 11.5 Å². The highest BCUT2D eigenvalue weighted by molar-refractivity contribution is 6.31. The smallest absolute Gasteiger partial charge is 0.478 e. The number of aromatic carboxylic acids is 1. The van der Waals surface area contributed by atoms with Crippen LogP contribution in [0.4, 0.5) is 26.3 Å². The van der Waals surface area contributed by atoms with E-state index in [2.05, 4.69) is 9.47 Å². The molecule has 2 heterocycles. The minimum atomic E-state index is -4.74. The number of alkyl halides is 6. The molecule has 8 nitrogen and oxygen atoms in total. The van der Waals surface area contributed by atoms with E-state index < -0.39 is 24.7 Å². The number of ether oxygens (including phenoxy) is 3. The first kappa shape index (κ1) is 46.1. The van der Waals surface area contributed by atoms with E-state index in [-0.39, 0.29) is 17.1 Å². The first-order valence-electron chi connectivity index (χ1n) is 19.6. The fourth-order valence-corrected chi connectivity index (χ4v) is 7.76. The average Bonchev–Trinajstić information content (AvgIpc) is 3.83. The summed E-state index contributed by atoms with van der Waals surface area (Å²) in [4.78, 5) is 23.6. The Labute approximate surface area is 377 Å². The van der Waals surface area contributed by atoms with Gasteiger partial charge in [-0.15, -0.1) is 26.3 Å². The van der Waals surface area contributed by atoms with Gasteiger partial charge in [0.1, 0.15) is 11.5 Å². The molecule has 0 amide bonds. The molecule has 0 radical (unpaired) electrons. The number of benzene rings is 6. The molecule has 1 N–H and O–H groups in total. The highest BCUT2D eigenvalue weighted by Crippen LogP contribution is 2.29. The lowest BCUT2D eigenvalue weighted by molar-refractivity contribution is -0.275. The minimum Gasteiger partial charge on any atom is -0.478 e. The molecule has 0 unspecified atom stereocenters. The quantitative estimate of drug-likeness (QED) is 0.0969. The van der Waals surface area contributed by atoms with Gasteiger partial charge in [-0.3, -0.25) is 0 Å². The lowest BCUT2D eigenvalue weighted by Crippen LogP contribution is -2.17. The molecular weight excluding hydrogens is 897 g/mol. The maximum atomic E-state index is 12.5. The lowest BCUT2D eigenvalue weighted by Gasteiger charge is -2.11. The molecule has 8 aromatic rings. The maximum absolute atomic E-state index is 12.5. The van der Waals surface area contributed by atoms with Crippen molar-refractivity contribution in [1.82, 2.24) is 9.13 Å². The molecule has 0 bridgehead atoms. The molecule has 6 aromatic carbocycles. The summed E-state index contributed by atoms with van der Waals surface area (Å²) in [7, 11) is 1.33. The molecule has 0 atom stereocenters. The molecule has 334 valence electrons. The molecule has 8 rings (SSSR count). The van der Waals surface area contributed by atoms with E-state index in [9.17, 15) is 41.0 Å². The first-order chi connectivity index (χ1) is 30.9. The number of methoxy groups -OCH3 is 1. The molecule has 0 spiro atoms. The first-order valence-corrected chi connectivity index (χ1v) is 20.4. The molecule has 0 saturated carbocycles. The van der Waals surface area contributed by atoms with Gasteiger partial charge in [-0.25, -0.2) is 9.59 Å². The minimum absolute atomic E-state index is 0.163. The zero-order chi connectivity index (χ0) is 46.5. The van der Waals surface area contributed by atoms with Crippen LogP contribution in [0.1, 0.15) is 54.1 Å². The van der Waals surface area contributed by atoms with Crippen LogP contribution in [0.5, 0.6) is 11.5 Å². The van der Waals surface area contributed by atoms with Crippen molar-refractivity contribution >= 4 is 56.9 Å². The van der Waals surface area contributed by atoms with Crippen molar-refractivity contribution in [3.05, 3.63) is 200 Å². The number of fused-ring (bicyclic) bond motifs is 2. The van der Waals surface area contributed by atoms with Crippen LogP contribution in [-0.2, 0) is 30.7 Å². The second-order valence-electron chi connectivity index (χ2n) is 14.8. The van der Waals surface area contributed by atoms with E-state index in [0.29, 0.717) is 58.2 Å². The van der Waals surface area contributed by atoms with E-state index in [4.69, 9.17) is 27.9 Å². The average molecular weight is 934 g/mol. The second-order valence-corrected chi connectivity index (χ2v) is 15.7. The van der Waals surface area contributed by atoms with Crippen LogP contribution in [0.3, 0.4) is 0 Å². The van der Waals surface area contributed by atoms with Gasteiger partial charge in [-0.2, -0.15) is 0 Å². The summed E-state index contributed by atoms with van der Waals surface area (Å²) in [5.74, 6) is -1.99. The van der Waals surface area contributed by atoms with Crippen LogP contribution >= 0.6 is 23.2 Å². The molecular formula is C49H36Cl2F6N2O6. The molecule has 2 aromatic heterocycles. The summed E-state index contributed by atoms with van der Waals surface area (Å²) in [6, 6.07) is 37.3. The van der Waals surface area contributed by atoms with E-state index >= 15 is 0 Å². The van der Waals surface area contributed by atoms with Crippen molar-refractivity contribution < 1.29 is 55.2 Å². The van der Waals surface area contributed by atoms with Crippen molar-refractivity contribution in [1.29, 1.82) is 0 Å². The predicted octanol–water partition coefficient (Wildman–Crippen LogP) is 13.1. The van der Waals surface area contributed by atoms with Gasteiger partial charge in [0.05, 0.1) is 18.2 Å². The fourth-order valence-electron chi connectivity index (χ4n) is 7.41. The van der Waals surface area contributed by atoms with Gasteiger partial charge in [-0.1, -0.05) is 71.7 Å². The number of hydrogen-bond donors (Lipinski definition) is 1. The highest BCUT2D eigenvalue weighted by atomic mass is 35.5. The van der Waals surface area contributed by atoms with Crippen LogP contribution in [0, 0.1) is 0 Å². The Balaban J connectivity index is 0.000000194. The Morgan fingerprint density at radius 3 is 1.43 bits per heavy atom. The molecule has 16 heteroatoms. The number of carboxylic acids is 1. The SMILES string of the molecule is COC(=O)c1cc(Cl)ccc1Cc1ccc2c(ccn2Cc2cccc(OC(F)(F)F)c2)c1.O=C(O)c1cc(Cl)ccc1Cc1ccc2c(ccn2Cc2cccc(OC(F)(F)F)c2)c1. The monoisotopic (exact) mass is 932 g/mol. The lowest BCUT2D eigenvalue weighted by atomic mass is 9.99. The molecule has 0 aliphatic carbocycles. The van der Waals surface area contributed by atoms with Crippen LogP contribution < -0.4 is 9.47 Å². The number of carboxylic acid groups (broad SMARTS) is 1. The third kappa shape index (κ3) is 12.2. The zero-order valence-corrected chi connectivity index (χ0v) is 35.6. The van der Waals surface area contributed by atoms with Crippen molar-refractivity contribution in [3.63, 3.8) is 0 Å². The second kappa shape index (κ2) is 19.5. The van der Waals surface area contributed by atoms with Gasteiger partial charge in [0, 0.05) is 46.6 Å². The standard InChI is InChI=1S/C25H19ClF3NO3.C24H17ClF3NO3/c1-32-24(31)22-14-20(26)7-6-18(22)11-16-5-8-23-19(12-16)9-10-30(23)15-17-3-2-4-21(13-17)33-25(27,28)29;25-19-6-5-17(21(13-19)23(30)31)10-15-4-7-22-18(11-15)8-9-29(22)14-16-2-1-3-20(12-16)32-24(26,27)28/h2-10,12-14H,11,15H2,1H3;1-9,11-13H,10,14H2,(H,30,31).